The Hall–Kier alpha value is -2.93. The van der Waals surface area contributed by atoms with Gasteiger partial charge in [0.05, 0.1) is 27.0 Å². The van der Waals surface area contributed by atoms with Crippen LogP contribution >= 0.6 is 15.9 Å². The number of rotatable bonds is 4. The van der Waals surface area contributed by atoms with Crippen molar-refractivity contribution < 1.29 is 23.7 Å². The van der Waals surface area contributed by atoms with E-state index in [-0.39, 0.29) is 0 Å². The quantitative estimate of drug-likeness (QED) is 0.593. The smallest absolute Gasteiger partial charge is 0.412 e. The van der Waals surface area contributed by atoms with E-state index in [0.717, 1.165) is 26.5 Å². The van der Waals surface area contributed by atoms with Gasteiger partial charge >= 0.3 is 6.09 Å². The zero-order valence-electron chi connectivity index (χ0n) is 15.5. The highest BCUT2D eigenvalue weighted by atomic mass is 79.9. The monoisotopic (exact) mass is 443 g/mol. The summed E-state index contributed by atoms with van der Waals surface area (Å²) in [6.07, 6.45) is -1.14. The summed E-state index contributed by atoms with van der Waals surface area (Å²) < 4.78 is 22.9. The van der Waals surface area contributed by atoms with Crippen LogP contribution < -0.4 is 19.5 Å². The summed E-state index contributed by atoms with van der Waals surface area (Å²) >= 11 is 3.63. The number of methoxy groups -OCH3 is 3. The summed E-state index contributed by atoms with van der Waals surface area (Å²) in [6.45, 7) is 0. The Bertz CT molecular complexity index is 1060. The Labute approximate surface area is 170 Å². The minimum Gasteiger partial charge on any atom is -0.493 e. The molecule has 0 aromatic heterocycles. The van der Waals surface area contributed by atoms with Gasteiger partial charge in [-0.3, -0.25) is 5.32 Å². The molecule has 1 atom stereocenters. The number of benzene rings is 3. The van der Waals surface area contributed by atoms with Crippen LogP contribution in [0.15, 0.2) is 46.9 Å². The number of halogens is 1. The molecule has 6 nitrogen and oxygen atoms in total. The number of anilines is 1. The van der Waals surface area contributed by atoms with Gasteiger partial charge in [-0.15, -0.1) is 0 Å². The minimum absolute atomic E-state index is 0.480. The van der Waals surface area contributed by atoms with E-state index in [0.29, 0.717) is 22.8 Å². The SMILES string of the molecule is COc1cc(C2OC(=O)Nc3c2cc(Br)c2ccccc32)cc(OC)c1OC. The van der Waals surface area contributed by atoms with E-state index >= 15 is 0 Å². The lowest BCUT2D eigenvalue weighted by molar-refractivity contribution is 0.126. The van der Waals surface area contributed by atoms with Crippen molar-refractivity contribution in [1.82, 2.24) is 0 Å². The lowest BCUT2D eigenvalue weighted by atomic mass is 9.94. The maximum atomic E-state index is 12.3. The highest BCUT2D eigenvalue weighted by Gasteiger charge is 2.31. The fraction of sp³-hybridized carbons (Fsp3) is 0.190. The molecule has 144 valence electrons. The molecule has 3 aromatic carbocycles. The van der Waals surface area contributed by atoms with Crippen LogP contribution in [0, 0.1) is 0 Å². The Morgan fingerprint density at radius 1 is 0.964 bits per heavy atom. The first-order valence-electron chi connectivity index (χ1n) is 8.56. The molecule has 0 saturated carbocycles. The van der Waals surface area contributed by atoms with Crippen molar-refractivity contribution in [3.63, 3.8) is 0 Å². The van der Waals surface area contributed by atoms with Gasteiger partial charge in [0.25, 0.3) is 0 Å². The molecule has 0 bridgehead atoms. The maximum Gasteiger partial charge on any atom is 0.412 e. The van der Waals surface area contributed by atoms with Crippen LogP contribution in [0.1, 0.15) is 17.2 Å². The lowest BCUT2D eigenvalue weighted by Crippen LogP contribution is -2.25. The predicted octanol–water partition coefficient (Wildman–Crippen LogP) is 5.28. The molecule has 0 spiro atoms. The highest BCUT2D eigenvalue weighted by molar-refractivity contribution is 9.10. The predicted molar refractivity (Wildman–Crippen MR) is 110 cm³/mol. The normalized spacial score (nSPS) is 15.4. The van der Waals surface area contributed by atoms with Gasteiger partial charge < -0.3 is 18.9 Å². The van der Waals surface area contributed by atoms with Crippen LogP contribution in [-0.2, 0) is 4.74 Å². The van der Waals surface area contributed by atoms with Gasteiger partial charge in [-0.1, -0.05) is 40.2 Å². The number of hydrogen-bond acceptors (Lipinski definition) is 5. The van der Waals surface area contributed by atoms with Gasteiger partial charge in [0.15, 0.2) is 17.6 Å². The van der Waals surface area contributed by atoms with Gasteiger partial charge in [0, 0.05) is 21.0 Å². The number of ether oxygens (including phenoxy) is 4. The second-order valence-corrected chi connectivity index (χ2v) is 7.09. The maximum absolute atomic E-state index is 12.3. The van der Waals surface area contributed by atoms with E-state index in [4.69, 9.17) is 18.9 Å². The van der Waals surface area contributed by atoms with Crippen molar-refractivity contribution in [3.05, 3.63) is 58.1 Å². The first-order valence-corrected chi connectivity index (χ1v) is 9.35. The molecule has 0 aliphatic carbocycles. The first kappa shape index (κ1) is 18.4. The molecule has 3 aromatic rings. The fourth-order valence-electron chi connectivity index (χ4n) is 3.50. The zero-order chi connectivity index (χ0) is 19.8. The summed E-state index contributed by atoms with van der Waals surface area (Å²) in [7, 11) is 4.64. The molecule has 1 heterocycles. The van der Waals surface area contributed by atoms with Gasteiger partial charge in [-0.05, 0) is 23.6 Å². The van der Waals surface area contributed by atoms with Gasteiger partial charge in [0.1, 0.15) is 0 Å². The van der Waals surface area contributed by atoms with Crippen molar-refractivity contribution in [2.45, 2.75) is 6.10 Å². The molecule has 1 amide bonds. The average Bonchev–Trinajstić information content (AvgIpc) is 2.73. The number of hydrogen-bond donors (Lipinski definition) is 1. The van der Waals surface area contributed by atoms with E-state index in [1.54, 1.807) is 33.5 Å². The molecule has 1 unspecified atom stereocenters. The Balaban J connectivity index is 1.95. The molecule has 0 fully saturated rings. The Morgan fingerprint density at radius 2 is 1.61 bits per heavy atom. The molecule has 0 radical (unpaired) electrons. The van der Waals surface area contributed by atoms with Crippen LogP contribution in [0.25, 0.3) is 10.8 Å². The molecular formula is C21H18BrNO5. The van der Waals surface area contributed by atoms with E-state index in [1.807, 2.05) is 30.3 Å². The van der Waals surface area contributed by atoms with E-state index < -0.39 is 12.2 Å². The molecule has 4 rings (SSSR count). The van der Waals surface area contributed by atoms with Gasteiger partial charge in [-0.2, -0.15) is 0 Å². The topological polar surface area (TPSA) is 66.0 Å². The molecule has 28 heavy (non-hydrogen) atoms. The zero-order valence-corrected chi connectivity index (χ0v) is 17.1. The number of cyclic esters (lactones) is 1. The Kier molecular flexibility index (Phi) is 4.77. The standard InChI is InChI=1S/C21H18BrNO5/c1-25-16-8-11(9-17(26-2)20(16)27-3)19-14-10-15(22)12-6-4-5-7-13(12)18(14)23-21(24)28-19/h4-10,19H,1-3H3,(H,23,24). The number of amides is 1. The lowest BCUT2D eigenvalue weighted by Gasteiger charge is -2.29. The van der Waals surface area contributed by atoms with Crippen LogP contribution in [0.4, 0.5) is 10.5 Å². The van der Waals surface area contributed by atoms with Crippen LogP contribution in [0.3, 0.4) is 0 Å². The van der Waals surface area contributed by atoms with Crippen molar-refractivity contribution in [2.24, 2.45) is 0 Å². The van der Waals surface area contributed by atoms with Crippen molar-refractivity contribution in [2.75, 3.05) is 26.6 Å². The third-order valence-corrected chi connectivity index (χ3v) is 5.40. The summed E-state index contributed by atoms with van der Waals surface area (Å²) in [5.41, 5.74) is 2.28. The number of carbonyl (C=O) groups excluding carboxylic acids is 1. The summed E-state index contributed by atoms with van der Waals surface area (Å²) in [5.74, 6) is 1.47. The third kappa shape index (κ3) is 2.92. The van der Waals surface area contributed by atoms with Crippen LogP contribution in [0.5, 0.6) is 17.2 Å². The second-order valence-electron chi connectivity index (χ2n) is 6.24. The molecular weight excluding hydrogens is 426 g/mol. The molecule has 1 aliphatic rings. The second kappa shape index (κ2) is 7.24. The Morgan fingerprint density at radius 3 is 2.21 bits per heavy atom. The number of carbonyl (C=O) groups is 1. The number of fused-ring (bicyclic) bond motifs is 3. The van der Waals surface area contributed by atoms with Crippen molar-refractivity contribution in [1.29, 1.82) is 0 Å². The van der Waals surface area contributed by atoms with Crippen molar-refractivity contribution >= 4 is 38.5 Å². The van der Waals surface area contributed by atoms with E-state index in [1.165, 1.54) is 0 Å². The van der Waals surface area contributed by atoms with Crippen LogP contribution in [0.2, 0.25) is 0 Å². The first-order chi connectivity index (χ1) is 13.6. The van der Waals surface area contributed by atoms with E-state index in [2.05, 4.69) is 21.2 Å². The van der Waals surface area contributed by atoms with Gasteiger partial charge in [-0.25, -0.2) is 4.79 Å². The van der Waals surface area contributed by atoms with Crippen LogP contribution in [-0.4, -0.2) is 27.4 Å². The number of nitrogens with one attached hydrogen (secondary N) is 1. The van der Waals surface area contributed by atoms with E-state index in [9.17, 15) is 4.79 Å². The average molecular weight is 444 g/mol. The fourth-order valence-corrected chi connectivity index (χ4v) is 4.09. The summed E-state index contributed by atoms with van der Waals surface area (Å²) in [5, 5.41) is 4.78. The van der Waals surface area contributed by atoms with Crippen molar-refractivity contribution in [3.8, 4) is 17.2 Å². The highest BCUT2D eigenvalue weighted by Crippen LogP contribution is 2.46. The largest absolute Gasteiger partial charge is 0.493 e. The molecule has 7 heteroatoms. The molecule has 1 N–H and O–H groups in total. The molecule has 1 aliphatic heterocycles. The minimum atomic E-state index is -0.627. The third-order valence-electron chi connectivity index (χ3n) is 4.75. The summed E-state index contributed by atoms with van der Waals surface area (Å²) in [6, 6.07) is 13.4. The molecule has 0 saturated heterocycles. The summed E-state index contributed by atoms with van der Waals surface area (Å²) in [4.78, 5) is 12.3. The van der Waals surface area contributed by atoms with Gasteiger partial charge in [0.2, 0.25) is 5.75 Å².